The van der Waals surface area contributed by atoms with Gasteiger partial charge in [0.25, 0.3) is 0 Å². The number of thioether (sulfide) groups is 3. The topological polar surface area (TPSA) is 89.4 Å². The Morgan fingerprint density at radius 3 is 2.77 bits per heavy atom. The van der Waals surface area contributed by atoms with E-state index in [1.165, 1.54) is 6.40 Å². The summed E-state index contributed by atoms with van der Waals surface area (Å²) in [6, 6.07) is 0. The van der Waals surface area contributed by atoms with Gasteiger partial charge in [0.05, 0.1) is 19.8 Å². The summed E-state index contributed by atoms with van der Waals surface area (Å²) in [6.07, 6.45) is 0.845. The predicted octanol–water partition coefficient (Wildman–Crippen LogP) is 1.82. The van der Waals surface area contributed by atoms with E-state index < -0.39 is 6.09 Å². The number of rotatable bonds is 15. The van der Waals surface area contributed by atoms with Gasteiger partial charge < -0.3 is 20.0 Å². The molecule has 0 atom stereocenters. The molecule has 10 heteroatoms. The Morgan fingerprint density at radius 2 is 2.05 bits per heavy atom. The van der Waals surface area contributed by atoms with E-state index in [-0.39, 0.29) is 13.2 Å². The van der Waals surface area contributed by atoms with Crippen LogP contribution in [0.4, 0.5) is 4.79 Å². The van der Waals surface area contributed by atoms with Crippen molar-refractivity contribution in [3.63, 3.8) is 0 Å². The van der Waals surface area contributed by atoms with Crippen molar-refractivity contribution < 1.29 is 24.4 Å². The second-order valence-electron chi connectivity index (χ2n) is 3.56. The molecule has 2 N–H and O–H groups in total. The monoisotopic (exact) mass is 372 g/mol. The van der Waals surface area contributed by atoms with Crippen LogP contribution < -0.4 is 5.32 Å². The lowest BCUT2D eigenvalue weighted by atomic mass is 10.7. The number of alkyl carbamates (subject to hydrolysis) is 1. The van der Waals surface area contributed by atoms with E-state index in [0.717, 1.165) is 21.7 Å². The standard InChI is InChI=1S/C12H24N2O5S3/c1-2-18-19-9-13-3-7-20-10-22-11-21-8-4-14-12(16)17-6-5-15/h9,15H,2-8,10-11H2,1H3,(H,14,16). The van der Waals surface area contributed by atoms with Gasteiger partial charge in [-0.1, -0.05) is 0 Å². The maximum absolute atomic E-state index is 11.0. The molecule has 7 nitrogen and oxygen atoms in total. The highest BCUT2D eigenvalue weighted by molar-refractivity contribution is 8.22. The summed E-state index contributed by atoms with van der Waals surface area (Å²) in [7, 11) is 0. The maximum Gasteiger partial charge on any atom is 0.407 e. The van der Waals surface area contributed by atoms with Gasteiger partial charge in [0.2, 0.25) is 6.40 Å². The lowest BCUT2D eigenvalue weighted by Crippen LogP contribution is -2.27. The second kappa shape index (κ2) is 18.8. The first-order chi connectivity index (χ1) is 10.8. The second-order valence-corrected chi connectivity index (χ2v) is 7.48. The van der Waals surface area contributed by atoms with Gasteiger partial charge in [-0.25, -0.2) is 4.79 Å². The molecule has 0 saturated carbocycles. The molecule has 0 heterocycles. The van der Waals surface area contributed by atoms with E-state index in [4.69, 9.17) is 5.11 Å². The largest absolute Gasteiger partial charge is 0.447 e. The molecule has 0 aromatic rings. The van der Waals surface area contributed by atoms with Crippen molar-refractivity contribution in [2.75, 3.05) is 54.6 Å². The fourth-order valence-corrected chi connectivity index (χ4v) is 4.23. The lowest BCUT2D eigenvalue weighted by molar-refractivity contribution is -0.211. The highest BCUT2D eigenvalue weighted by Crippen LogP contribution is 2.17. The molecular weight excluding hydrogens is 348 g/mol. The SMILES string of the molecule is CCOOC=NCCSCSCSCCNC(=O)OCCO. The van der Waals surface area contributed by atoms with Gasteiger partial charge in [0.1, 0.15) is 6.61 Å². The number of hydrogen-bond donors (Lipinski definition) is 2. The third-order valence-electron chi connectivity index (χ3n) is 1.84. The average molecular weight is 373 g/mol. The number of aliphatic imine (C=N–C) groups is 1. The molecule has 0 unspecified atom stereocenters. The van der Waals surface area contributed by atoms with Crippen LogP contribution >= 0.6 is 35.3 Å². The molecule has 22 heavy (non-hydrogen) atoms. The minimum absolute atomic E-state index is 0.0356. The van der Waals surface area contributed by atoms with E-state index in [9.17, 15) is 4.79 Å². The normalized spacial score (nSPS) is 10.8. The highest BCUT2D eigenvalue weighted by atomic mass is 32.2. The van der Waals surface area contributed by atoms with Crippen molar-refractivity contribution in [3.8, 4) is 0 Å². The van der Waals surface area contributed by atoms with Crippen LogP contribution in [0.1, 0.15) is 6.92 Å². The number of aliphatic hydroxyl groups excluding tert-OH is 1. The Balaban J connectivity index is 3.11. The number of hydrogen-bond acceptors (Lipinski definition) is 9. The van der Waals surface area contributed by atoms with E-state index >= 15 is 0 Å². The van der Waals surface area contributed by atoms with Gasteiger partial charge >= 0.3 is 6.09 Å². The van der Waals surface area contributed by atoms with Crippen LogP contribution in [0, 0.1) is 0 Å². The summed E-state index contributed by atoms with van der Waals surface area (Å²) in [4.78, 5) is 24.4. The van der Waals surface area contributed by atoms with Gasteiger partial charge in [0.15, 0.2) is 0 Å². The quantitative estimate of drug-likeness (QED) is 0.112. The fourth-order valence-electron chi connectivity index (χ4n) is 0.983. The lowest BCUT2D eigenvalue weighted by Gasteiger charge is -2.05. The molecule has 1 amide bonds. The molecule has 0 saturated heterocycles. The van der Waals surface area contributed by atoms with Crippen LogP contribution in [0.25, 0.3) is 0 Å². The first-order valence-corrected chi connectivity index (χ1v) is 10.3. The molecule has 0 radical (unpaired) electrons. The minimum Gasteiger partial charge on any atom is -0.447 e. The summed E-state index contributed by atoms with van der Waals surface area (Å²) in [6.45, 7) is 3.52. The summed E-state index contributed by atoms with van der Waals surface area (Å²) < 4.78 is 4.66. The number of aliphatic hydroxyl groups is 1. The number of nitrogens with one attached hydrogen (secondary N) is 1. The van der Waals surface area contributed by atoms with Crippen molar-refractivity contribution in [3.05, 3.63) is 0 Å². The first kappa shape index (κ1) is 21.7. The molecule has 0 aromatic carbocycles. The molecule has 0 aliphatic carbocycles. The molecule has 0 fully saturated rings. The van der Waals surface area contributed by atoms with Crippen LogP contribution in [0.5, 0.6) is 0 Å². The molecule has 0 aromatic heterocycles. The summed E-state index contributed by atoms with van der Waals surface area (Å²) in [5.41, 5.74) is 0. The number of nitrogens with zero attached hydrogens (tertiary/aromatic N) is 1. The molecule has 0 spiro atoms. The average Bonchev–Trinajstić information content (AvgIpc) is 2.53. The maximum atomic E-state index is 11.0. The van der Waals surface area contributed by atoms with Crippen LogP contribution in [0.15, 0.2) is 4.99 Å². The Labute approximate surface area is 144 Å². The summed E-state index contributed by atoms with van der Waals surface area (Å²) in [5.74, 6) is 1.78. The summed E-state index contributed by atoms with van der Waals surface area (Å²) >= 11 is 5.42. The van der Waals surface area contributed by atoms with Crippen LogP contribution in [0.2, 0.25) is 0 Å². The van der Waals surface area contributed by atoms with Gasteiger partial charge in [-0.15, -0.1) is 35.3 Å². The highest BCUT2D eigenvalue weighted by Gasteiger charge is 1.99. The van der Waals surface area contributed by atoms with E-state index in [2.05, 4.69) is 24.8 Å². The van der Waals surface area contributed by atoms with E-state index in [1.807, 2.05) is 30.4 Å². The van der Waals surface area contributed by atoms with Crippen LogP contribution in [-0.4, -0.2) is 72.2 Å². The number of carbonyl (C=O) groups excluding carboxylic acids is 1. The van der Waals surface area contributed by atoms with Crippen molar-refractivity contribution >= 4 is 47.8 Å². The van der Waals surface area contributed by atoms with Crippen LogP contribution in [-0.2, 0) is 14.5 Å². The zero-order valence-electron chi connectivity index (χ0n) is 12.7. The Kier molecular flexibility index (Phi) is 18.5. The van der Waals surface area contributed by atoms with Gasteiger partial charge in [-0.2, -0.15) is 4.89 Å². The molecule has 0 bridgehead atoms. The van der Waals surface area contributed by atoms with E-state index in [1.54, 1.807) is 11.8 Å². The molecule has 0 aliphatic heterocycles. The molecule has 130 valence electrons. The molecule has 0 aliphatic rings. The third kappa shape index (κ3) is 17.8. The summed E-state index contributed by atoms with van der Waals surface area (Å²) in [5, 5.41) is 13.1. The van der Waals surface area contributed by atoms with Gasteiger partial charge in [0, 0.05) is 28.2 Å². The van der Waals surface area contributed by atoms with Crippen LogP contribution in [0.3, 0.4) is 0 Å². The van der Waals surface area contributed by atoms with Crippen molar-refractivity contribution in [2.24, 2.45) is 4.99 Å². The van der Waals surface area contributed by atoms with Crippen molar-refractivity contribution in [2.45, 2.75) is 6.92 Å². The Hall–Kier alpha value is -0.290. The molecule has 0 rings (SSSR count). The fraction of sp³-hybridized carbons (Fsp3) is 0.833. The van der Waals surface area contributed by atoms with Crippen molar-refractivity contribution in [1.82, 2.24) is 5.32 Å². The Morgan fingerprint density at radius 1 is 1.27 bits per heavy atom. The van der Waals surface area contributed by atoms with Gasteiger partial charge in [-0.05, 0) is 6.92 Å². The number of ether oxygens (including phenoxy) is 1. The zero-order chi connectivity index (χ0) is 16.3. The number of carbonyl (C=O) groups is 1. The third-order valence-corrected chi connectivity index (χ3v) is 5.47. The minimum atomic E-state index is -0.480. The number of amides is 1. The van der Waals surface area contributed by atoms with Crippen molar-refractivity contribution in [1.29, 1.82) is 0 Å². The first-order valence-electron chi connectivity index (χ1n) is 6.82. The van der Waals surface area contributed by atoms with E-state index in [0.29, 0.717) is 19.7 Å². The molecular formula is C12H24N2O5S3. The smallest absolute Gasteiger partial charge is 0.407 e. The zero-order valence-corrected chi connectivity index (χ0v) is 15.1. The Bertz CT molecular complexity index is 285. The predicted molar refractivity (Wildman–Crippen MR) is 94.7 cm³/mol. The van der Waals surface area contributed by atoms with Gasteiger partial charge in [-0.3, -0.25) is 4.99 Å².